The van der Waals surface area contributed by atoms with Crippen molar-refractivity contribution in [2.24, 2.45) is 0 Å². The van der Waals surface area contributed by atoms with Crippen molar-refractivity contribution in [2.75, 3.05) is 17.6 Å². The van der Waals surface area contributed by atoms with Crippen molar-refractivity contribution in [2.45, 2.75) is 19.9 Å². The highest BCUT2D eigenvalue weighted by molar-refractivity contribution is 5.95. The molecule has 2 aromatic carbocycles. The van der Waals surface area contributed by atoms with E-state index in [2.05, 4.69) is 10.6 Å². The summed E-state index contributed by atoms with van der Waals surface area (Å²) in [5.41, 5.74) is 9.29. The number of nitrogens with one attached hydrogen (secondary N) is 2. The fourth-order valence-electron chi connectivity index (χ4n) is 2.00. The van der Waals surface area contributed by atoms with Gasteiger partial charge in [0.2, 0.25) is 0 Å². The van der Waals surface area contributed by atoms with E-state index in [0.717, 1.165) is 23.4 Å². The van der Waals surface area contributed by atoms with Crippen LogP contribution in [0.15, 0.2) is 48.5 Å². The number of carbonyl (C=O) groups is 1. The standard InChI is InChI=1S/C17H21N3O/c1-2-10-19-17(21)13-7-5-8-15(11-13)20-12-14-6-3-4-9-16(14)18/h3-9,11,20H,2,10,12,18H2,1H3,(H,19,21). The zero-order valence-electron chi connectivity index (χ0n) is 12.2. The van der Waals surface area contributed by atoms with Crippen LogP contribution in [0.3, 0.4) is 0 Å². The van der Waals surface area contributed by atoms with Crippen molar-refractivity contribution in [3.8, 4) is 0 Å². The Bertz CT molecular complexity index is 610. The van der Waals surface area contributed by atoms with E-state index in [1.54, 1.807) is 0 Å². The summed E-state index contributed by atoms with van der Waals surface area (Å²) in [5.74, 6) is -0.0419. The molecule has 2 rings (SSSR count). The summed E-state index contributed by atoms with van der Waals surface area (Å²) in [6, 6.07) is 15.2. The highest BCUT2D eigenvalue weighted by Crippen LogP contribution is 2.15. The first-order valence-electron chi connectivity index (χ1n) is 7.16. The molecule has 21 heavy (non-hydrogen) atoms. The Morgan fingerprint density at radius 1 is 1.14 bits per heavy atom. The zero-order valence-corrected chi connectivity index (χ0v) is 12.2. The van der Waals surface area contributed by atoms with Crippen LogP contribution in [0.1, 0.15) is 29.3 Å². The van der Waals surface area contributed by atoms with Gasteiger partial charge in [0.25, 0.3) is 5.91 Å². The van der Waals surface area contributed by atoms with Crippen molar-refractivity contribution in [3.05, 3.63) is 59.7 Å². The second kappa shape index (κ2) is 7.33. The molecule has 0 aliphatic carbocycles. The number of hydrogen-bond donors (Lipinski definition) is 3. The Morgan fingerprint density at radius 3 is 2.71 bits per heavy atom. The number of amides is 1. The molecule has 0 fully saturated rings. The number of rotatable bonds is 6. The summed E-state index contributed by atoms with van der Waals surface area (Å²) in [6.07, 6.45) is 0.928. The van der Waals surface area contributed by atoms with Crippen molar-refractivity contribution in [3.63, 3.8) is 0 Å². The summed E-state index contributed by atoms with van der Waals surface area (Å²) in [7, 11) is 0. The molecular formula is C17H21N3O. The molecule has 0 aliphatic rings. The molecule has 2 aromatic rings. The van der Waals surface area contributed by atoms with Gasteiger partial charge in [0, 0.05) is 30.0 Å². The second-order valence-corrected chi connectivity index (χ2v) is 4.89. The van der Waals surface area contributed by atoms with Crippen LogP contribution >= 0.6 is 0 Å². The highest BCUT2D eigenvalue weighted by atomic mass is 16.1. The van der Waals surface area contributed by atoms with Gasteiger partial charge in [-0.2, -0.15) is 0 Å². The van der Waals surface area contributed by atoms with E-state index in [9.17, 15) is 4.79 Å². The smallest absolute Gasteiger partial charge is 0.251 e. The van der Waals surface area contributed by atoms with Crippen LogP contribution < -0.4 is 16.4 Å². The molecule has 110 valence electrons. The van der Waals surface area contributed by atoms with Gasteiger partial charge in [0.15, 0.2) is 0 Å². The first-order chi connectivity index (χ1) is 10.2. The predicted octanol–water partition coefficient (Wildman–Crippen LogP) is 3.02. The minimum Gasteiger partial charge on any atom is -0.398 e. The molecule has 0 atom stereocenters. The molecule has 0 saturated heterocycles. The van der Waals surface area contributed by atoms with E-state index < -0.39 is 0 Å². The number of hydrogen-bond acceptors (Lipinski definition) is 3. The molecule has 4 nitrogen and oxygen atoms in total. The lowest BCUT2D eigenvalue weighted by Crippen LogP contribution is -2.23. The molecule has 0 aromatic heterocycles. The average Bonchev–Trinajstić information content (AvgIpc) is 2.52. The van der Waals surface area contributed by atoms with Crippen LogP contribution in [-0.4, -0.2) is 12.5 Å². The molecule has 0 aliphatic heterocycles. The monoisotopic (exact) mass is 283 g/mol. The number of nitrogen functional groups attached to an aromatic ring is 1. The van der Waals surface area contributed by atoms with Crippen LogP contribution in [0, 0.1) is 0 Å². The molecule has 4 N–H and O–H groups in total. The number of benzene rings is 2. The van der Waals surface area contributed by atoms with Crippen LogP contribution in [0.2, 0.25) is 0 Å². The van der Waals surface area contributed by atoms with Crippen LogP contribution in [0.4, 0.5) is 11.4 Å². The second-order valence-electron chi connectivity index (χ2n) is 4.89. The minimum absolute atomic E-state index is 0.0419. The van der Waals surface area contributed by atoms with Gasteiger partial charge in [-0.1, -0.05) is 31.2 Å². The summed E-state index contributed by atoms with van der Waals surface area (Å²) >= 11 is 0. The molecule has 0 spiro atoms. The quantitative estimate of drug-likeness (QED) is 0.714. The molecule has 4 heteroatoms. The maximum absolute atomic E-state index is 11.9. The van der Waals surface area contributed by atoms with Gasteiger partial charge in [0.05, 0.1) is 0 Å². The number of para-hydroxylation sites is 1. The van der Waals surface area contributed by atoms with Gasteiger partial charge in [-0.25, -0.2) is 0 Å². The minimum atomic E-state index is -0.0419. The maximum atomic E-state index is 11.9. The van der Waals surface area contributed by atoms with Crippen LogP contribution in [-0.2, 0) is 6.54 Å². The fraction of sp³-hybridized carbons (Fsp3) is 0.235. The van der Waals surface area contributed by atoms with Crippen molar-refractivity contribution in [1.82, 2.24) is 5.32 Å². The Hall–Kier alpha value is -2.49. The topological polar surface area (TPSA) is 67.2 Å². The highest BCUT2D eigenvalue weighted by Gasteiger charge is 2.05. The lowest BCUT2D eigenvalue weighted by molar-refractivity contribution is 0.0953. The lowest BCUT2D eigenvalue weighted by Gasteiger charge is -2.10. The first-order valence-corrected chi connectivity index (χ1v) is 7.16. The SMILES string of the molecule is CCCNC(=O)c1cccc(NCc2ccccc2N)c1. The Labute approximate surface area is 125 Å². The van der Waals surface area contributed by atoms with Gasteiger partial charge in [-0.15, -0.1) is 0 Å². The number of anilines is 2. The van der Waals surface area contributed by atoms with E-state index >= 15 is 0 Å². The van der Waals surface area contributed by atoms with Gasteiger partial charge in [-0.05, 0) is 36.2 Å². The van der Waals surface area contributed by atoms with E-state index in [1.165, 1.54) is 0 Å². The van der Waals surface area contributed by atoms with Crippen molar-refractivity contribution >= 4 is 17.3 Å². The van der Waals surface area contributed by atoms with Crippen molar-refractivity contribution < 1.29 is 4.79 Å². The molecule has 0 heterocycles. The Kier molecular flexibility index (Phi) is 5.21. The summed E-state index contributed by atoms with van der Waals surface area (Å²) in [5, 5.41) is 6.17. The third-order valence-corrected chi connectivity index (χ3v) is 3.20. The van der Waals surface area contributed by atoms with Gasteiger partial charge in [-0.3, -0.25) is 4.79 Å². The molecule has 0 saturated carbocycles. The number of nitrogens with two attached hydrogens (primary N) is 1. The van der Waals surface area contributed by atoms with Crippen LogP contribution in [0.25, 0.3) is 0 Å². The largest absolute Gasteiger partial charge is 0.398 e. The zero-order chi connectivity index (χ0) is 15.1. The summed E-state index contributed by atoms with van der Waals surface area (Å²) in [4.78, 5) is 11.9. The predicted molar refractivity (Wildman–Crippen MR) is 87.2 cm³/mol. The van der Waals surface area contributed by atoms with E-state index in [-0.39, 0.29) is 5.91 Å². The molecule has 0 bridgehead atoms. The molecule has 1 amide bonds. The molecule has 0 unspecified atom stereocenters. The Balaban J connectivity index is 2.01. The van der Waals surface area contributed by atoms with Gasteiger partial charge < -0.3 is 16.4 Å². The first kappa shape index (κ1) is 14.9. The van der Waals surface area contributed by atoms with Crippen LogP contribution in [0.5, 0.6) is 0 Å². The third-order valence-electron chi connectivity index (χ3n) is 3.20. The molecule has 0 radical (unpaired) electrons. The molecular weight excluding hydrogens is 262 g/mol. The van der Waals surface area contributed by atoms with E-state index in [4.69, 9.17) is 5.73 Å². The maximum Gasteiger partial charge on any atom is 0.251 e. The van der Waals surface area contributed by atoms with E-state index in [0.29, 0.717) is 18.7 Å². The Morgan fingerprint density at radius 2 is 1.95 bits per heavy atom. The van der Waals surface area contributed by atoms with Gasteiger partial charge >= 0.3 is 0 Å². The van der Waals surface area contributed by atoms with Crippen molar-refractivity contribution in [1.29, 1.82) is 0 Å². The normalized spacial score (nSPS) is 10.1. The fourth-order valence-corrected chi connectivity index (χ4v) is 2.00. The number of carbonyl (C=O) groups excluding carboxylic acids is 1. The van der Waals surface area contributed by atoms with Gasteiger partial charge in [0.1, 0.15) is 0 Å². The third kappa shape index (κ3) is 4.24. The summed E-state index contributed by atoms with van der Waals surface area (Å²) in [6.45, 7) is 3.35. The summed E-state index contributed by atoms with van der Waals surface area (Å²) < 4.78 is 0. The lowest BCUT2D eigenvalue weighted by atomic mass is 10.1. The average molecular weight is 283 g/mol. The van der Waals surface area contributed by atoms with E-state index in [1.807, 2.05) is 55.5 Å².